The molecule has 1 rings (SSSR count). The Labute approximate surface area is 79.4 Å². The van der Waals surface area contributed by atoms with Gasteiger partial charge in [0.25, 0.3) is 0 Å². The molecule has 0 spiro atoms. The minimum Gasteiger partial charge on any atom is -0.292 e. The van der Waals surface area contributed by atoms with Crippen LogP contribution in [0.2, 0.25) is 0 Å². The van der Waals surface area contributed by atoms with Gasteiger partial charge >= 0.3 is 0 Å². The summed E-state index contributed by atoms with van der Waals surface area (Å²) in [7, 11) is 0. The first kappa shape index (κ1) is 9.32. The average molecular weight is 229 g/mol. The van der Waals surface area contributed by atoms with E-state index < -0.39 is 0 Å². The van der Waals surface area contributed by atoms with Crippen molar-refractivity contribution in [2.24, 2.45) is 5.92 Å². The quantitative estimate of drug-likeness (QED) is 0.729. The van der Waals surface area contributed by atoms with Crippen molar-refractivity contribution < 1.29 is 4.79 Å². The molecule has 0 aliphatic rings. The van der Waals surface area contributed by atoms with Crippen LogP contribution in [0.4, 0.5) is 0 Å². The first-order chi connectivity index (χ1) is 5.63. The molecule has 0 saturated carbocycles. The van der Waals surface area contributed by atoms with Crippen molar-refractivity contribution in [1.29, 1.82) is 0 Å². The first-order valence-corrected chi connectivity index (χ1v) is 4.42. The fourth-order valence-corrected chi connectivity index (χ4v) is 1.18. The highest BCUT2D eigenvalue weighted by Crippen LogP contribution is 2.15. The zero-order valence-corrected chi connectivity index (χ0v) is 8.50. The van der Waals surface area contributed by atoms with Gasteiger partial charge in [-0.15, -0.1) is 0 Å². The van der Waals surface area contributed by atoms with E-state index in [0.29, 0.717) is 10.2 Å². The molecule has 1 heterocycles. The van der Waals surface area contributed by atoms with E-state index in [4.69, 9.17) is 0 Å². The van der Waals surface area contributed by atoms with Gasteiger partial charge in [0.15, 0.2) is 5.78 Å². The van der Waals surface area contributed by atoms with Crippen LogP contribution in [-0.4, -0.2) is 15.8 Å². The summed E-state index contributed by atoms with van der Waals surface area (Å²) in [6.45, 7) is 3.69. The van der Waals surface area contributed by atoms with Crippen LogP contribution < -0.4 is 0 Å². The van der Waals surface area contributed by atoms with Gasteiger partial charge in [-0.1, -0.05) is 13.8 Å². The standard InChI is InChI=1S/C8H9BrN2O/c1-5(2)8(12)7-6(9)3-10-4-11-7/h3-5H,1-2H3. The summed E-state index contributed by atoms with van der Waals surface area (Å²) in [5.74, 6) is 0.000440. The minimum atomic E-state index is -0.0313. The molecule has 0 unspecified atom stereocenters. The maximum Gasteiger partial charge on any atom is 0.184 e. The number of nitrogens with zero attached hydrogens (tertiary/aromatic N) is 2. The molecule has 0 amide bonds. The Kier molecular flexibility index (Phi) is 2.92. The van der Waals surface area contributed by atoms with Crippen LogP contribution in [0.3, 0.4) is 0 Å². The van der Waals surface area contributed by atoms with Crippen LogP contribution in [0, 0.1) is 5.92 Å². The Hall–Kier alpha value is -0.770. The van der Waals surface area contributed by atoms with Crippen molar-refractivity contribution in [2.75, 3.05) is 0 Å². The normalized spacial score (nSPS) is 10.3. The lowest BCUT2D eigenvalue weighted by atomic mass is 10.1. The molecule has 3 nitrogen and oxygen atoms in total. The number of carbonyl (C=O) groups excluding carboxylic acids is 1. The molecule has 0 aliphatic carbocycles. The lowest BCUT2D eigenvalue weighted by Crippen LogP contribution is -2.10. The molecule has 64 valence electrons. The Bertz CT molecular complexity index is 299. The molecule has 12 heavy (non-hydrogen) atoms. The van der Waals surface area contributed by atoms with Crippen LogP contribution in [0.25, 0.3) is 0 Å². The van der Waals surface area contributed by atoms with Gasteiger partial charge in [-0.05, 0) is 15.9 Å². The Morgan fingerprint density at radius 1 is 1.58 bits per heavy atom. The Morgan fingerprint density at radius 2 is 2.25 bits per heavy atom. The predicted octanol–water partition coefficient (Wildman–Crippen LogP) is 2.08. The molecule has 0 atom stereocenters. The Balaban J connectivity index is 3.03. The third-order valence-electron chi connectivity index (χ3n) is 1.43. The molecule has 1 aromatic rings. The van der Waals surface area contributed by atoms with E-state index in [9.17, 15) is 4.79 Å². The second-order valence-electron chi connectivity index (χ2n) is 2.74. The third kappa shape index (κ3) is 1.88. The summed E-state index contributed by atoms with van der Waals surface area (Å²) in [6.07, 6.45) is 2.95. The molecule has 0 fully saturated rings. The highest BCUT2D eigenvalue weighted by atomic mass is 79.9. The third-order valence-corrected chi connectivity index (χ3v) is 2.01. The van der Waals surface area contributed by atoms with Crippen molar-refractivity contribution in [3.8, 4) is 0 Å². The number of halogens is 1. The molecular formula is C8H9BrN2O. The van der Waals surface area contributed by atoms with Crippen molar-refractivity contribution in [2.45, 2.75) is 13.8 Å². The number of hydrogen-bond donors (Lipinski definition) is 0. The van der Waals surface area contributed by atoms with Gasteiger partial charge in [0, 0.05) is 12.1 Å². The highest BCUT2D eigenvalue weighted by Gasteiger charge is 2.14. The van der Waals surface area contributed by atoms with E-state index in [1.807, 2.05) is 13.8 Å². The van der Waals surface area contributed by atoms with Gasteiger partial charge in [-0.3, -0.25) is 4.79 Å². The smallest absolute Gasteiger partial charge is 0.184 e. The van der Waals surface area contributed by atoms with E-state index in [2.05, 4.69) is 25.9 Å². The van der Waals surface area contributed by atoms with E-state index in [0.717, 1.165) is 0 Å². The number of rotatable bonds is 2. The fourth-order valence-electron chi connectivity index (χ4n) is 0.767. The monoisotopic (exact) mass is 228 g/mol. The molecule has 0 bridgehead atoms. The summed E-state index contributed by atoms with van der Waals surface area (Å²) in [6, 6.07) is 0. The SMILES string of the molecule is CC(C)C(=O)c1ncncc1Br. The predicted molar refractivity (Wildman–Crippen MR) is 48.9 cm³/mol. The second kappa shape index (κ2) is 3.76. The number of aromatic nitrogens is 2. The average Bonchev–Trinajstić information content (AvgIpc) is 2.04. The summed E-state index contributed by atoms with van der Waals surface area (Å²) in [5, 5.41) is 0. The van der Waals surface area contributed by atoms with Crippen molar-refractivity contribution in [3.05, 3.63) is 22.7 Å². The summed E-state index contributed by atoms with van der Waals surface area (Å²) < 4.78 is 0.656. The molecular weight excluding hydrogens is 220 g/mol. The fraction of sp³-hybridized carbons (Fsp3) is 0.375. The van der Waals surface area contributed by atoms with Gasteiger partial charge in [-0.25, -0.2) is 9.97 Å². The lowest BCUT2D eigenvalue weighted by molar-refractivity contribution is 0.0933. The lowest BCUT2D eigenvalue weighted by Gasteiger charge is -2.03. The largest absolute Gasteiger partial charge is 0.292 e. The second-order valence-corrected chi connectivity index (χ2v) is 3.59. The Morgan fingerprint density at radius 3 is 2.75 bits per heavy atom. The zero-order chi connectivity index (χ0) is 9.14. The number of hydrogen-bond acceptors (Lipinski definition) is 3. The van der Waals surface area contributed by atoms with E-state index in [-0.39, 0.29) is 11.7 Å². The van der Waals surface area contributed by atoms with E-state index in [1.165, 1.54) is 6.33 Å². The molecule has 0 radical (unpaired) electrons. The van der Waals surface area contributed by atoms with Crippen LogP contribution in [0.15, 0.2) is 17.0 Å². The molecule has 0 aliphatic heterocycles. The summed E-state index contributed by atoms with van der Waals surface area (Å²) >= 11 is 3.22. The van der Waals surface area contributed by atoms with Gasteiger partial charge in [0.05, 0.1) is 4.47 Å². The summed E-state index contributed by atoms with van der Waals surface area (Å²) in [4.78, 5) is 19.1. The van der Waals surface area contributed by atoms with Gasteiger partial charge in [0.1, 0.15) is 12.0 Å². The van der Waals surface area contributed by atoms with Gasteiger partial charge in [-0.2, -0.15) is 0 Å². The highest BCUT2D eigenvalue weighted by molar-refractivity contribution is 9.10. The first-order valence-electron chi connectivity index (χ1n) is 3.62. The van der Waals surface area contributed by atoms with E-state index in [1.54, 1.807) is 6.20 Å². The van der Waals surface area contributed by atoms with Crippen molar-refractivity contribution in [3.63, 3.8) is 0 Å². The van der Waals surface area contributed by atoms with Gasteiger partial charge < -0.3 is 0 Å². The molecule has 0 aromatic carbocycles. The maximum atomic E-state index is 11.4. The molecule has 0 saturated heterocycles. The van der Waals surface area contributed by atoms with E-state index >= 15 is 0 Å². The summed E-state index contributed by atoms with van der Waals surface area (Å²) in [5.41, 5.74) is 0.458. The zero-order valence-electron chi connectivity index (χ0n) is 6.91. The van der Waals surface area contributed by atoms with Crippen molar-refractivity contribution in [1.82, 2.24) is 9.97 Å². The van der Waals surface area contributed by atoms with Crippen molar-refractivity contribution >= 4 is 21.7 Å². The van der Waals surface area contributed by atoms with Gasteiger partial charge in [0.2, 0.25) is 0 Å². The van der Waals surface area contributed by atoms with Crippen LogP contribution in [0.5, 0.6) is 0 Å². The molecule has 4 heteroatoms. The molecule has 0 N–H and O–H groups in total. The molecule has 1 aromatic heterocycles. The number of Topliss-reactive ketones (excluding diaryl/α,β-unsaturated/α-hetero) is 1. The van der Waals surface area contributed by atoms with Crippen LogP contribution in [-0.2, 0) is 0 Å². The number of carbonyl (C=O) groups is 1. The number of ketones is 1. The van der Waals surface area contributed by atoms with Crippen LogP contribution >= 0.6 is 15.9 Å². The minimum absolute atomic E-state index is 0.0313. The maximum absolute atomic E-state index is 11.4. The topological polar surface area (TPSA) is 42.9 Å². The van der Waals surface area contributed by atoms with Crippen LogP contribution in [0.1, 0.15) is 24.3 Å².